The lowest BCUT2D eigenvalue weighted by atomic mass is 10.2. The maximum absolute atomic E-state index is 13.7. The van der Waals surface area contributed by atoms with Crippen LogP contribution in [-0.2, 0) is 33.5 Å². The Balaban J connectivity index is 1.82. The first-order valence-electron chi connectivity index (χ1n) is 12.7. The molecule has 218 valence electrons. The van der Waals surface area contributed by atoms with E-state index in [1.807, 2.05) is 39.8 Å². The SMILES string of the molecule is CCS(=O)(=O)Nc1ncccc1CNc1nc(Nc2ccc(CP(=O)(C(C)C)C(C)C)cc2)ncc1C(F)(F)F. The third kappa shape index (κ3) is 7.94. The Morgan fingerprint density at radius 1 is 0.975 bits per heavy atom. The summed E-state index contributed by atoms with van der Waals surface area (Å²) in [6.45, 7) is 9.12. The van der Waals surface area contributed by atoms with Crippen LogP contribution in [0.15, 0.2) is 48.8 Å². The highest BCUT2D eigenvalue weighted by molar-refractivity contribution is 7.92. The van der Waals surface area contributed by atoms with E-state index < -0.39 is 34.7 Å². The number of rotatable bonds is 12. The third-order valence-corrected chi connectivity index (χ3v) is 12.1. The third-order valence-electron chi connectivity index (χ3n) is 6.45. The summed E-state index contributed by atoms with van der Waals surface area (Å²) in [5.41, 5.74) is 0.792. The number of aromatic nitrogens is 3. The zero-order chi connectivity index (χ0) is 29.7. The predicted molar refractivity (Wildman–Crippen MR) is 153 cm³/mol. The van der Waals surface area contributed by atoms with Gasteiger partial charge in [0.25, 0.3) is 0 Å². The van der Waals surface area contributed by atoms with Crippen molar-refractivity contribution in [3.63, 3.8) is 0 Å². The Kier molecular flexibility index (Phi) is 9.84. The summed E-state index contributed by atoms with van der Waals surface area (Å²) in [5, 5.41) is 5.55. The number of nitrogens with zero attached hydrogens (tertiary/aromatic N) is 3. The molecule has 0 unspecified atom stereocenters. The van der Waals surface area contributed by atoms with Crippen molar-refractivity contribution >= 4 is 40.4 Å². The predicted octanol–water partition coefficient (Wildman–Crippen LogP) is 6.69. The monoisotopic (exact) mass is 598 g/mol. The number of alkyl halides is 3. The van der Waals surface area contributed by atoms with Crippen molar-refractivity contribution in [3.05, 3.63) is 65.5 Å². The van der Waals surface area contributed by atoms with Crippen molar-refractivity contribution in [1.29, 1.82) is 0 Å². The van der Waals surface area contributed by atoms with E-state index in [2.05, 4.69) is 30.3 Å². The van der Waals surface area contributed by atoms with Crippen LogP contribution < -0.4 is 15.4 Å². The van der Waals surface area contributed by atoms with Crippen LogP contribution >= 0.6 is 7.14 Å². The van der Waals surface area contributed by atoms with Gasteiger partial charge in [0.2, 0.25) is 16.0 Å². The summed E-state index contributed by atoms with van der Waals surface area (Å²) in [4.78, 5) is 11.9. The molecule has 0 aliphatic carbocycles. The average molecular weight is 599 g/mol. The minimum absolute atomic E-state index is 0.0115. The van der Waals surface area contributed by atoms with Crippen molar-refractivity contribution < 1.29 is 26.2 Å². The molecule has 0 fully saturated rings. The molecule has 0 saturated heterocycles. The number of anilines is 4. The first kappa shape index (κ1) is 31.3. The van der Waals surface area contributed by atoms with E-state index in [1.54, 1.807) is 24.3 Å². The molecular formula is C26H34F3N6O3PS. The lowest BCUT2D eigenvalue weighted by molar-refractivity contribution is -0.137. The summed E-state index contributed by atoms with van der Waals surface area (Å²) in [5.74, 6) is -0.732. The van der Waals surface area contributed by atoms with E-state index in [0.29, 0.717) is 23.6 Å². The number of benzene rings is 1. The zero-order valence-electron chi connectivity index (χ0n) is 23.0. The first-order chi connectivity index (χ1) is 18.6. The van der Waals surface area contributed by atoms with Crippen molar-refractivity contribution in [2.45, 2.75) is 64.8 Å². The average Bonchev–Trinajstić information content (AvgIpc) is 2.88. The van der Waals surface area contributed by atoms with Crippen molar-refractivity contribution in [2.24, 2.45) is 0 Å². The quantitative estimate of drug-likeness (QED) is 0.197. The van der Waals surface area contributed by atoms with Gasteiger partial charge in [0.05, 0.1) is 12.9 Å². The van der Waals surface area contributed by atoms with Crippen LogP contribution in [0.5, 0.6) is 0 Å². The molecule has 1 aromatic carbocycles. The number of hydrogen-bond acceptors (Lipinski definition) is 8. The minimum atomic E-state index is -4.73. The van der Waals surface area contributed by atoms with Gasteiger partial charge in [-0.1, -0.05) is 45.9 Å². The van der Waals surface area contributed by atoms with Crippen LogP contribution in [0.4, 0.5) is 36.4 Å². The topological polar surface area (TPSA) is 126 Å². The summed E-state index contributed by atoms with van der Waals surface area (Å²) >= 11 is 0. The fraction of sp³-hybridized carbons (Fsp3) is 0.423. The van der Waals surface area contributed by atoms with E-state index in [4.69, 9.17) is 0 Å². The molecule has 0 radical (unpaired) electrons. The molecule has 0 aliphatic heterocycles. The molecule has 9 nitrogen and oxygen atoms in total. The van der Waals surface area contributed by atoms with Gasteiger partial charge in [-0.05, 0) is 30.7 Å². The number of hydrogen-bond donors (Lipinski definition) is 3. The second-order valence-electron chi connectivity index (χ2n) is 9.85. The first-order valence-corrected chi connectivity index (χ1v) is 16.4. The standard InChI is InChI=1S/C26H34F3N6O3PS/c1-6-40(37,38)35-23-20(8-7-13-30-23)14-31-24-22(26(27,28)29)15-32-25(34-24)33-21-11-9-19(10-12-21)16-39(36,17(2)3)18(4)5/h7-13,15,17-18H,6,14,16H2,1-5H3,(H,30,35)(H2,31,32,33,34). The lowest BCUT2D eigenvalue weighted by Gasteiger charge is -2.26. The van der Waals surface area contributed by atoms with Gasteiger partial charge in [0.15, 0.2) is 0 Å². The Bertz CT molecular complexity index is 1450. The van der Waals surface area contributed by atoms with Gasteiger partial charge < -0.3 is 15.2 Å². The van der Waals surface area contributed by atoms with Crippen LogP contribution in [0, 0.1) is 0 Å². The molecule has 14 heteroatoms. The number of pyridine rings is 1. The Morgan fingerprint density at radius 3 is 2.20 bits per heavy atom. The molecule has 40 heavy (non-hydrogen) atoms. The van der Waals surface area contributed by atoms with Gasteiger partial charge in [-0.25, -0.2) is 18.4 Å². The van der Waals surface area contributed by atoms with E-state index >= 15 is 0 Å². The van der Waals surface area contributed by atoms with E-state index in [9.17, 15) is 26.2 Å². The highest BCUT2D eigenvalue weighted by Crippen LogP contribution is 2.57. The van der Waals surface area contributed by atoms with Gasteiger partial charge in [-0.3, -0.25) is 4.72 Å². The Labute approximate surface area is 232 Å². The zero-order valence-corrected chi connectivity index (χ0v) is 24.7. The molecule has 0 spiro atoms. The minimum Gasteiger partial charge on any atom is -0.365 e. The highest BCUT2D eigenvalue weighted by Gasteiger charge is 2.35. The molecule has 2 aromatic heterocycles. The van der Waals surface area contributed by atoms with Gasteiger partial charge in [0.1, 0.15) is 17.2 Å². The second-order valence-corrected chi connectivity index (χ2v) is 15.9. The molecule has 0 amide bonds. The number of sulfonamides is 1. The van der Waals surface area contributed by atoms with Crippen LogP contribution in [0.3, 0.4) is 0 Å². The summed E-state index contributed by atoms with van der Waals surface area (Å²) in [6, 6.07) is 10.2. The van der Waals surface area contributed by atoms with Crippen LogP contribution in [0.1, 0.15) is 51.3 Å². The largest absolute Gasteiger partial charge is 0.421 e. The fourth-order valence-electron chi connectivity index (χ4n) is 3.93. The van der Waals surface area contributed by atoms with Crippen LogP contribution in [0.25, 0.3) is 0 Å². The molecule has 2 heterocycles. The van der Waals surface area contributed by atoms with Crippen LogP contribution in [-0.4, -0.2) is 40.4 Å². The smallest absolute Gasteiger partial charge is 0.365 e. The van der Waals surface area contributed by atoms with E-state index in [1.165, 1.54) is 13.1 Å². The van der Waals surface area contributed by atoms with Gasteiger partial charge in [-0.15, -0.1) is 0 Å². The molecular weight excluding hydrogens is 564 g/mol. The summed E-state index contributed by atoms with van der Waals surface area (Å²) < 4.78 is 80.8. The number of nitrogens with one attached hydrogen (secondary N) is 3. The van der Waals surface area contributed by atoms with Gasteiger partial charge in [-0.2, -0.15) is 18.2 Å². The van der Waals surface area contributed by atoms with Crippen molar-refractivity contribution in [3.8, 4) is 0 Å². The summed E-state index contributed by atoms with van der Waals surface area (Å²) in [7, 11) is -6.09. The molecule has 3 aromatic rings. The highest BCUT2D eigenvalue weighted by atomic mass is 32.2. The van der Waals surface area contributed by atoms with Crippen molar-refractivity contribution in [1.82, 2.24) is 15.0 Å². The van der Waals surface area contributed by atoms with E-state index in [-0.39, 0.29) is 35.4 Å². The fourth-order valence-corrected chi connectivity index (χ4v) is 7.25. The molecule has 3 N–H and O–H groups in total. The molecule has 0 saturated carbocycles. The maximum Gasteiger partial charge on any atom is 0.421 e. The maximum atomic E-state index is 13.7. The van der Waals surface area contributed by atoms with E-state index in [0.717, 1.165) is 5.56 Å². The van der Waals surface area contributed by atoms with Crippen molar-refractivity contribution in [2.75, 3.05) is 21.1 Å². The molecule has 3 rings (SSSR count). The van der Waals surface area contributed by atoms with Gasteiger partial charge >= 0.3 is 6.18 Å². The van der Waals surface area contributed by atoms with Gasteiger partial charge in [0, 0.05) is 47.7 Å². The normalized spacial score (nSPS) is 12.6. The van der Waals surface area contributed by atoms with Crippen LogP contribution in [0.2, 0.25) is 0 Å². The Hall–Kier alpha value is -3.18. The molecule has 0 bridgehead atoms. The number of halogens is 3. The molecule has 0 atom stereocenters. The Morgan fingerprint density at radius 2 is 1.62 bits per heavy atom. The summed E-state index contributed by atoms with van der Waals surface area (Å²) in [6.07, 6.45) is -2.22. The lowest BCUT2D eigenvalue weighted by Crippen LogP contribution is -2.18. The molecule has 0 aliphatic rings. The second kappa shape index (κ2) is 12.6.